The molecule has 0 bridgehead atoms. The molecule has 1 N–H and O–H groups in total. The van der Waals surface area contributed by atoms with Gasteiger partial charge in [-0.2, -0.15) is 0 Å². The zero-order valence-corrected chi connectivity index (χ0v) is 13.5. The smallest absolute Gasteiger partial charge is 0.123 e. The summed E-state index contributed by atoms with van der Waals surface area (Å²) in [7, 11) is 0. The summed E-state index contributed by atoms with van der Waals surface area (Å²) in [6, 6.07) is 21.0. The number of pyridine rings is 1. The van der Waals surface area contributed by atoms with Crippen LogP contribution in [-0.4, -0.2) is 18.1 Å². The molecular formula is C21H20N2O. The van der Waals surface area contributed by atoms with Gasteiger partial charge in [0.2, 0.25) is 0 Å². The van der Waals surface area contributed by atoms with Gasteiger partial charge in [0, 0.05) is 24.9 Å². The summed E-state index contributed by atoms with van der Waals surface area (Å²) < 4.78 is 5.93. The number of anilines is 1. The van der Waals surface area contributed by atoms with E-state index in [0.29, 0.717) is 5.92 Å². The largest absolute Gasteiger partial charge is 0.493 e. The van der Waals surface area contributed by atoms with Gasteiger partial charge in [-0.1, -0.05) is 42.5 Å². The minimum Gasteiger partial charge on any atom is -0.493 e. The van der Waals surface area contributed by atoms with Gasteiger partial charge in [0.15, 0.2) is 0 Å². The third kappa shape index (κ3) is 3.11. The molecule has 0 saturated carbocycles. The molecule has 24 heavy (non-hydrogen) atoms. The van der Waals surface area contributed by atoms with Crippen LogP contribution in [0.1, 0.15) is 17.9 Å². The molecule has 1 aliphatic rings. The summed E-state index contributed by atoms with van der Waals surface area (Å²) in [5.74, 6) is 1.47. The lowest BCUT2D eigenvalue weighted by Crippen LogP contribution is -2.20. The van der Waals surface area contributed by atoms with Gasteiger partial charge in [0.1, 0.15) is 5.75 Å². The fourth-order valence-corrected chi connectivity index (χ4v) is 3.19. The van der Waals surface area contributed by atoms with Gasteiger partial charge < -0.3 is 10.1 Å². The van der Waals surface area contributed by atoms with E-state index in [4.69, 9.17) is 4.74 Å². The first-order valence-corrected chi connectivity index (χ1v) is 8.36. The normalized spacial score (nSPS) is 16.1. The number of nitrogens with zero attached hydrogens (tertiary/aromatic N) is 1. The van der Waals surface area contributed by atoms with Gasteiger partial charge in [0.05, 0.1) is 12.3 Å². The second kappa shape index (κ2) is 6.75. The van der Waals surface area contributed by atoms with Gasteiger partial charge in [-0.05, 0) is 41.3 Å². The van der Waals surface area contributed by atoms with Crippen LogP contribution in [0.4, 0.5) is 5.69 Å². The Morgan fingerprint density at radius 1 is 1.00 bits per heavy atom. The van der Waals surface area contributed by atoms with E-state index in [9.17, 15) is 0 Å². The fraction of sp³-hybridized carbons (Fsp3) is 0.190. The molecule has 120 valence electrons. The molecule has 1 aromatic heterocycles. The van der Waals surface area contributed by atoms with Crippen molar-refractivity contribution in [2.75, 3.05) is 18.5 Å². The Hall–Kier alpha value is -2.81. The average molecular weight is 316 g/mol. The average Bonchev–Trinajstić information content (AvgIpc) is 2.67. The van der Waals surface area contributed by atoms with Crippen LogP contribution in [0.25, 0.3) is 11.1 Å². The third-order valence-electron chi connectivity index (χ3n) is 4.50. The van der Waals surface area contributed by atoms with Crippen LogP contribution in [0.3, 0.4) is 0 Å². The number of benzene rings is 2. The van der Waals surface area contributed by atoms with Crippen LogP contribution in [0.5, 0.6) is 5.75 Å². The monoisotopic (exact) mass is 316 g/mol. The first-order chi connectivity index (χ1) is 11.9. The Balaban J connectivity index is 1.55. The molecule has 1 aliphatic heterocycles. The van der Waals surface area contributed by atoms with E-state index in [-0.39, 0.29) is 0 Å². The van der Waals surface area contributed by atoms with Crippen molar-refractivity contribution >= 4 is 5.69 Å². The molecular weight excluding hydrogens is 296 g/mol. The minimum atomic E-state index is 0.457. The highest BCUT2D eigenvalue weighted by Gasteiger charge is 2.21. The Morgan fingerprint density at radius 3 is 2.75 bits per heavy atom. The van der Waals surface area contributed by atoms with Crippen LogP contribution < -0.4 is 10.1 Å². The quantitative estimate of drug-likeness (QED) is 0.756. The zero-order valence-electron chi connectivity index (χ0n) is 13.5. The second-order valence-electron chi connectivity index (χ2n) is 6.08. The standard InChI is InChI=1S/C21H20N2O/c1-2-5-16(6-3-1)17-8-9-20-18(10-12-24-21(20)13-17)14-23-19-7-4-11-22-15-19/h1-9,11,13,15,18,23H,10,12,14H2/t18-/m1/s1. The van der Waals surface area contributed by atoms with Gasteiger partial charge in [-0.25, -0.2) is 0 Å². The van der Waals surface area contributed by atoms with Crippen LogP contribution >= 0.6 is 0 Å². The van der Waals surface area contributed by atoms with E-state index in [0.717, 1.165) is 31.0 Å². The minimum absolute atomic E-state index is 0.457. The molecule has 2 heterocycles. The van der Waals surface area contributed by atoms with Crippen molar-refractivity contribution in [3.05, 3.63) is 78.6 Å². The molecule has 3 heteroatoms. The molecule has 0 amide bonds. The van der Waals surface area contributed by atoms with Gasteiger partial charge in [-0.3, -0.25) is 4.98 Å². The molecule has 0 fully saturated rings. The van der Waals surface area contributed by atoms with E-state index < -0.39 is 0 Å². The second-order valence-corrected chi connectivity index (χ2v) is 6.08. The van der Waals surface area contributed by atoms with Crippen molar-refractivity contribution in [1.82, 2.24) is 4.98 Å². The number of aromatic nitrogens is 1. The maximum absolute atomic E-state index is 5.93. The lowest BCUT2D eigenvalue weighted by molar-refractivity contribution is 0.270. The van der Waals surface area contributed by atoms with Crippen molar-refractivity contribution in [3.63, 3.8) is 0 Å². The Bertz CT molecular complexity index is 803. The molecule has 3 aromatic rings. The van der Waals surface area contributed by atoms with E-state index in [2.05, 4.69) is 52.8 Å². The van der Waals surface area contributed by atoms with Gasteiger partial charge >= 0.3 is 0 Å². The van der Waals surface area contributed by atoms with Crippen molar-refractivity contribution in [2.24, 2.45) is 0 Å². The highest BCUT2D eigenvalue weighted by atomic mass is 16.5. The van der Waals surface area contributed by atoms with Gasteiger partial charge in [-0.15, -0.1) is 0 Å². The fourth-order valence-electron chi connectivity index (χ4n) is 3.19. The predicted octanol–water partition coefficient (Wildman–Crippen LogP) is 4.73. The molecule has 4 rings (SSSR count). The van der Waals surface area contributed by atoms with Crippen molar-refractivity contribution in [2.45, 2.75) is 12.3 Å². The van der Waals surface area contributed by atoms with Crippen LogP contribution in [0.15, 0.2) is 73.1 Å². The predicted molar refractivity (Wildman–Crippen MR) is 97.5 cm³/mol. The van der Waals surface area contributed by atoms with E-state index in [1.807, 2.05) is 24.4 Å². The number of hydrogen-bond acceptors (Lipinski definition) is 3. The number of rotatable bonds is 4. The van der Waals surface area contributed by atoms with Crippen LogP contribution in [-0.2, 0) is 0 Å². The summed E-state index contributed by atoms with van der Waals surface area (Å²) in [6.07, 6.45) is 4.68. The number of hydrogen-bond donors (Lipinski definition) is 1. The van der Waals surface area contributed by atoms with Crippen molar-refractivity contribution in [3.8, 4) is 16.9 Å². The van der Waals surface area contributed by atoms with Crippen LogP contribution in [0, 0.1) is 0 Å². The maximum Gasteiger partial charge on any atom is 0.123 e. The third-order valence-corrected chi connectivity index (χ3v) is 4.50. The molecule has 3 nitrogen and oxygen atoms in total. The first-order valence-electron chi connectivity index (χ1n) is 8.36. The lowest BCUT2D eigenvalue weighted by Gasteiger charge is -2.27. The molecule has 0 unspecified atom stereocenters. The maximum atomic E-state index is 5.93. The molecule has 0 spiro atoms. The summed E-state index contributed by atoms with van der Waals surface area (Å²) in [4.78, 5) is 4.15. The SMILES string of the molecule is c1ccc(-c2ccc3c(c2)OCC[C@@H]3CNc2cccnc2)cc1. The zero-order chi connectivity index (χ0) is 16.2. The number of ether oxygens (including phenoxy) is 1. The summed E-state index contributed by atoms with van der Waals surface area (Å²) in [5.41, 5.74) is 4.78. The Labute approximate surface area is 142 Å². The molecule has 0 aliphatic carbocycles. The van der Waals surface area contributed by atoms with E-state index in [1.165, 1.54) is 16.7 Å². The topological polar surface area (TPSA) is 34.1 Å². The summed E-state index contributed by atoms with van der Waals surface area (Å²) >= 11 is 0. The van der Waals surface area contributed by atoms with Gasteiger partial charge in [0.25, 0.3) is 0 Å². The summed E-state index contributed by atoms with van der Waals surface area (Å²) in [5, 5.41) is 3.48. The molecule has 2 aromatic carbocycles. The molecule has 0 saturated heterocycles. The Morgan fingerprint density at radius 2 is 1.92 bits per heavy atom. The van der Waals surface area contributed by atoms with Crippen molar-refractivity contribution < 1.29 is 4.74 Å². The first kappa shape index (κ1) is 14.8. The van der Waals surface area contributed by atoms with E-state index >= 15 is 0 Å². The van der Waals surface area contributed by atoms with Crippen molar-refractivity contribution in [1.29, 1.82) is 0 Å². The molecule has 0 radical (unpaired) electrons. The lowest BCUT2D eigenvalue weighted by atomic mass is 9.91. The molecule has 1 atom stereocenters. The highest BCUT2D eigenvalue weighted by molar-refractivity contribution is 5.66. The van der Waals surface area contributed by atoms with E-state index in [1.54, 1.807) is 6.20 Å². The summed E-state index contributed by atoms with van der Waals surface area (Å²) in [6.45, 7) is 1.66. The number of fused-ring (bicyclic) bond motifs is 1. The Kier molecular flexibility index (Phi) is 4.15. The number of nitrogens with one attached hydrogen (secondary N) is 1. The highest BCUT2D eigenvalue weighted by Crippen LogP contribution is 2.36. The van der Waals surface area contributed by atoms with Crippen LogP contribution in [0.2, 0.25) is 0 Å².